The van der Waals surface area contributed by atoms with Crippen LogP contribution < -0.4 is 0 Å². The Morgan fingerprint density at radius 3 is 1.70 bits per heavy atom. The lowest BCUT2D eigenvalue weighted by Crippen LogP contribution is -2.01. The van der Waals surface area contributed by atoms with Crippen molar-refractivity contribution in [2.45, 2.75) is 0 Å². The number of para-hydroxylation sites is 3. The van der Waals surface area contributed by atoms with E-state index in [4.69, 9.17) is 0 Å². The molecule has 0 amide bonds. The van der Waals surface area contributed by atoms with Gasteiger partial charge < -0.3 is 8.97 Å². The van der Waals surface area contributed by atoms with Crippen molar-refractivity contribution in [2.75, 3.05) is 0 Å². The molecule has 2 aromatic heterocycles. The molecule has 0 aliphatic rings. The smallest absolute Gasteiger partial charge is 0.0703 e. The molecule has 46 heavy (non-hydrogen) atoms. The van der Waals surface area contributed by atoms with Crippen molar-refractivity contribution in [3.05, 3.63) is 170 Å². The maximum Gasteiger partial charge on any atom is 0.0703 e. The minimum atomic E-state index is 1.13. The lowest BCUT2D eigenvalue weighted by Gasteiger charge is -2.17. The maximum atomic E-state index is 2.52. The zero-order chi connectivity index (χ0) is 30.2. The summed E-state index contributed by atoms with van der Waals surface area (Å²) < 4.78 is 4.96. The molecule has 0 atom stereocenters. The molecule has 10 rings (SSSR count). The van der Waals surface area contributed by atoms with Gasteiger partial charge in [-0.1, -0.05) is 127 Å². The van der Waals surface area contributed by atoms with Gasteiger partial charge in [-0.15, -0.1) is 0 Å². The molecule has 2 heteroatoms. The van der Waals surface area contributed by atoms with E-state index in [1.807, 2.05) is 0 Å². The first-order chi connectivity index (χ1) is 22.8. The van der Waals surface area contributed by atoms with Crippen LogP contribution >= 0.6 is 0 Å². The molecule has 0 saturated carbocycles. The Bertz CT molecular complexity index is 2830. The Morgan fingerprint density at radius 2 is 0.913 bits per heavy atom. The third-order valence-corrected chi connectivity index (χ3v) is 9.67. The fraction of sp³-hybridized carbons (Fsp3) is 0. The van der Waals surface area contributed by atoms with Crippen molar-refractivity contribution in [1.82, 2.24) is 8.97 Å². The highest BCUT2D eigenvalue weighted by Crippen LogP contribution is 2.43. The molecule has 214 valence electrons. The van der Waals surface area contributed by atoms with E-state index in [1.165, 1.54) is 70.8 Å². The van der Waals surface area contributed by atoms with Crippen molar-refractivity contribution < 1.29 is 0 Å². The van der Waals surface area contributed by atoms with Gasteiger partial charge in [0.2, 0.25) is 0 Å². The van der Waals surface area contributed by atoms with Gasteiger partial charge in [0.15, 0.2) is 0 Å². The Balaban J connectivity index is 1.48. The van der Waals surface area contributed by atoms with Crippen LogP contribution in [0.15, 0.2) is 170 Å². The third-order valence-electron chi connectivity index (χ3n) is 9.67. The van der Waals surface area contributed by atoms with E-state index in [0.717, 1.165) is 16.7 Å². The van der Waals surface area contributed by atoms with E-state index in [9.17, 15) is 0 Å². The third kappa shape index (κ3) is 3.53. The van der Waals surface area contributed by atoms with Crippen LogP contribution in [0.1, 0.15) is 0 Å². The number of aromatic nitrogens is 2. The van der Waals surface area contributed by atoms with Crippen LogP contribution in [0.25, 0.3) is 87.5 Å². The Labute approximate surface area is 265 Å². The SMILES string of the molecule is c1ccc(-c2ccc(-n3c4ccccc4c4cc5ccccc5c5c6c7ccccc7ccc6n(c6ccccc63)c45)cc2)cc1. The number of rotatable bonds is 2. The molecule has 0 aliphatic carbocycles. The quantitative estimate of drug-likeness (QED) is 0.191. The van der Waals surface area contributed by atoms with Crippen molar-refractivity contribution in [3.8, 4) is 16.8 Å². The summed E-state index contributed by atoms with van der Waals surface area (Å²) in [5.41, 5.74) is 9.50. The fourth-order valence-electron chi connectivity index (χ4n) is 7.69. The van der Waals surface area contributed by atoms with Crippen LogP contribution in [0.4, 0.5) is 0 Å². The van der Waals surface area contributed by atoms with E-state index in [0.29, 0.717) is 0 Å². The summed E-state index contributed by atoms with van der Waals surface area (Å²) in [6.07, 6.45) is 0. The summed E-state index contributed by atoms with van der Waals surface area (Å²) in [5, 5.41) is 10.1. The number of benzene rings is 8. The molecule has 10 aromatic rings. The molecule has 8 aromatic carbocycles. The van der Waals surface area contributed by atoms with E-state index < -0.39 is 0 Å². The van der Waals surface area contributed by atoms with Gasteiger partial charge in [0.25, 0.3) is 0 Å². The number of fused-ring (bicyclic) bond motifs is 11. The van der Waals surface area contributed by atoms with Crippen LogP contribution in [0.3, 0.4) is 0 Å². The van der Waals surface area contributed by atoms with Gasteiger partial charge in [-0.3, -0.25) is 0 Å². The fourth-order valence-corrected chi connectivity index (χ4v) is 7.69. The molecule has 0 unspecified atom stereocenters. The first-order valence-corrected chi connectivity index (χ1v) is 15.9. The summed E-state index contributed by atoms with van der Waals surface area (Å²) in [7, 11) is 0. The topological polar surface area (TPSA) is 9.34 Å². The van der Waals surface area contributed by atoms with Gasteiger partial charge in [0, 0.05) is 27.2 Å². The van der Waals surface area contributed by atoms with Gasteiger partial charge in [-0.05, 0) is 75.1 Å². The van der Waals surface area contributed by atoms with Crippen molar-refractivity contribution in [2.24, 2.45) is 0 Å². The predicted octanol–water partition coefficient (Wildman–Crippen LogP) is 11.9. The second kappa shape index (κ2) is 9.69. The largest absolute Gasteiger partial charge is 0.308 e. The van der Waals surface area contributed by atoms with Gasteiger partial charge in [0.1, 0.15) is 0 Å². The van der Waals surface area contributed by atoms with Crippen LogP contribution in [0, 0.1) is 0 Å². The molecule has 0 aliphatic heterocycles. The highest BCUT2D eigenvalue weighted by atomic mass is 15.0. The van der Waals surface area contributed by atoms with E-state index in [1.54, 1.807) is 0 Å². The number of hydrogen-bond donors (Lipinski definition) is 0. The number of nitrogens with zero attached hydrogens (tertiary/aromatic N) is 2. The Kier molecular flexibility index (Phi) is 5.31. The van der Waals surface area contributed by atoms with Crippen molar-refractivity contribution >= 4 is 70.7 Å². The summed E-state index contributed by atoms with van der Waals surface area (Å²) in [6.45, 7) is 0. The highest BCUT2D eigenvalue weighted by molar-refractivity contribution is 6.33. The van der Waals surface area contributed by atoms with Gasteiger partial charge in [-0.25, -0.2) is 0 Å². The molecule has 0 bridgehead atoms. The standard InChI is InChI=1S/C44H28N2/c1-2-12-29(13-3-1)30-22-25-33(26-23-30)45-38-19-9-8-18-36(38)37-28-32-15-5-7-17-35(32)43-42-34-16-6-4-14-31(34)24-27-41(42)46(44(37)43)40-21-11-10-20-39(40)45/h1-28H. The van der Waals surface area contributed by atoms with Gasteiger partial charge >= 0.3 is 0 Å². The molecule has 0 spiro atoms. The highest BCUT2D eigenvalue weighted by Gasteiger charge is 2.20. The molecular formula is C44H28N2. The van der Waals surface area contributed by atoms with Gasteiger partial charge in [-0.2, -0.15) is 0 Å². The first kappa shape index (κ1) is 25.2. The van der Waals surface area contributed by atoms with E-state index in [-0.39, 0.29) is 0 Å². The van der Waals surface area contributed by atoms with Crippen LogP contribution in [0.2, 0.25) is 0 Å². The minimum Gasteiger partial charge on any atom is -0.308 e. The molecule has 2 heterocycles. The lowest BCUT2D eigenvalue weighted by molar-refractivity contribution is 1.16. The van der Waals surface area contributed by atoms with Crippen molar-refractivity contribution in [3.63, 3.8) is 0 Å². The molecular weight excluding hydrogens is 556 g/mol. The van der Waals surface area contributed by atoms with Crippen LogP contribution in [0.5, 0.6) is 0 Å². The maximum absolute atomic E-state index is 2.52. The molecule has 0 fully saturated rings. The number of hydrogen-bond acceptors (Lipinski definition) is 0. The normalized spacial score (nSPS) is 11.9. The van der Waals surface area contributed by atoms with Crippen molar-refractivity contribution in [1.29, 1.82) is 0 Å². The Morgan fingerprint density at radius 1 is 0.326 bits per heavy atom. The van der Waals surface area contributed by atoms with E-state index >= 15 is 0 Å². The second-order valence-corrected chi connectivity index (χ2v) is 12.1. The molecule has 2 nitrogen and oxygen atoms in total. The zero-order valence-corrected chi connectivity index (χ0v) is 25.1. The van der Waals surface area contributed by atoms with Gasteiger partial charge in [0.05, 0.1) is 27.6 Å². The lowest BCUT2D eigenvalue weighted by atomic mass is 9.97. The molecule has 0 N–H and O–H groups in total. The summed E-state index contributed by atoms with van der Waals surface area (Å²) in [5.74, 6) is 0. The summed E-state index contributed by atoms with van der Waals surface area (Å²) in [6, 6.07) is 62.1. The van der Waals surface area contributed by atoms with Crippen LogP contribution in [-0.4, -0.2) is 8.97 Å². The average molecular weight is 585 g/mol. The Hall–Kier alpha value is -6.12. The second-order valence-electron chi connectivity index (χ2n) is 12.1. The van der Waals surface area contributed by atoms with E-state index in [2.05, 4.69) is 179 Å². The average Bonchev–Trinajstić information content (AvgIpc) is 3.48. The molecule has 0 radical (unpaired) electrons. The summed E-state index contributed by atoms with van der Waals surface area (Å²) >= 11 is 0. The zero-order valence-electron chi connectivity index (χ0n) is 25.1. The minimum absolute atomic E-state index is 1.13. The summed E-state index contributed by atoms with van der Waals surface area (Å²) in [4.78, 5) is 0. The molecule has 0 saturated heterocycles. The van der Waals surface area contributed by atoms with Crippen LogP contribution in [-0.2, 0) is 0 Å². The monoisotopic (exact) mass is 584 g/mol. The predicted molar refractivity (Wildman–Crippen MR) is 196 cm³/mol. The first-order valence-electron chi connectivity index (χ1n) is 15.9.